The zero-order valence-corrected chi connectivity index (χ0v) is 19.2. The normalized spacial score (nSPS) is 21.0. The molecular formula is C26H27N3O4. The van der Waals surface area contributed by atoms with E-state index < -0.39 is 5.92 Å². The summed E-state index contributed by atoms with van der Waals surface area (Å²) in [4.78, 5) is 31.3. The van der Waals surface area contributed by atoms with Gasteiger partial charge in [0.05, 0.1) is 0 Å². The van der Waals surface area contributed by atoms with Crippen molar-refractivity contribution in [1.82, 2.24) is 10.3 Å². The molecule has 0 saturated carbocycles. The number of rotatable bonds is 3. The number of hydrogen-bond acceptors (Lipinski definition) is 6. The van der Waals surface area contributed by atoms with Crippen molar-refractivity contribution in [2.75, 3.05) is 12.1 Å². The highest BCUT2D eigenvalue weighted by atomic mass is 16.7. The first-order valence-corrected chi connectivity index (χ1v) is 11.1. The number of dihydropyridines is 1. The second-order valence-corrected chi connectivity index (χ2v) is 9.72. The van der Waals surface area contributed by atoms with Crippen molar-refractivity contribution >= 4 is 17.5 Å². The van der Waals surface area contributed by atoms with Gasteiger partial charge in [-0.15, -0.1) is 0 Å². The summed E-state index contributed by atoms with van der Waals surface area (Å²) in [5.74, 6) is 1.00. The van der Waals surface area contributed by atoms with Crippen LogP contribution in [0.25, 0.3) is 0 Å². The molecule has 3 aliphatic rings. The molecular weight excluding hydrogens is 418 g/mol. The molecule has 0 saturated heterocycles. The van der Waals surface area contributed by atoms with Gasteiger partial charge in [-0.05, 0) is 55.0 Å². The molecule has 1 aromatic heterocycles. The Hall–Kier alpha value is -3.61. The highest BCUT2D eigenvalue weighted by molar-refractivity contribution is 6.09. The van der Waals surface area contributed by atoms with Crippen molar-refractivity contribution in [2.45, 2.75) is 46.5 Å². The van der Waals surface area contributed by atoms with E-state index >= 15 is 0 Å². The molecule has 1 aromatic carbocycles. The topological polar surface area (TPSA) is 89.6 Å². The Morgan fingerprint density at radius 3 is 2.67 bits per heavy atom. The molecule has 0 fully saturated rings. The van der Waals surface area contributed by atoms with Crippen molar-refractivity contribution in [3.8, 4) is 11.5 Å². The van der Waals surface area contributed by atoms with Gasteiger partial charge >= 0.3 is 0 Å². The number of Topliss-reactive ketones (excluding diaryl/α,β-unsaturated/α-hetero) is 1. The number of carbonyl (C=O) groups is 2. The Bertz CT molecular complexity index is 1220. The number of hydrogen-bond donors (Lipinski definition) is 2. The Balaban J connectivity index is 1.60. The number of pyridine rings is 1. The predicted octanol–water partition coefficient (Wildman–Crippen LogP) is 4.36. The SMILES string of the molecule is CC1=C(C(=O)Nc2ccc(C)cn2)[C@@H](c2ccc3c(c2)OCO3)C2=C(CC(C)(C)CC2=O)N1. The van der Waals surface area contributed by atoms with Gasteiger partial charge in [0, 0.05) is 41.1 Å². The quantitative estimate of drug-likeness (QED) is 0.730. The molecule has 1 aliphatic carbocycles. The number of ether oxygens (including phenoxy) is 2. The van der Waals surface area contributed by atoms with Crippen LogP contribution in [0.4, 0.5) is 5.82 Å². The van der Waals surface area contributed by atoms with E-state index in [1.807, 2.05) is 38.1 Å². The summed E-state index contributed by atoms with van der Waals surface area (Å²) >= 11 is 0. The number of nitrogens with zero attached hydrogens (tertiary/aromatic N) is 1. The molecule has 170 valence electrons. The molecule has 7 nitrogen and oxygen atoms in total. The van der Waals surface area contributed by atoms with E-state index in [0.29, 0.717) is 34.9 Å². The van der Waals surface area contributed by atoms with E-state index in [9.17, 15) is 9.59 Å². The minimum absolute atomic E-state index is 0.0580. The maximum absolute atomic E-state index is 13.6. The van der Waals surface area contributed by atoms with Crippen LogP contribution in [0.3, 0.4) is 0 Å². The average molecular weight is 446 g/mol. The standard InChI is InChI=1S/C26H27N3O4/c1-14-5-8-21(27-12-14)29-25(31)22-15(2)28-17-10-26(3,4)11-18(30)24(17)23(22)16-6-7-19-20(9-16)33-13-32-19/h5-9,12,23,28H,10-11,13H2,1-4H3,(H,27,29,31)/t23-/m1/s1. The van der Waals surface area contributed by atoms with Gasteiger partial charge in [-0.2, -0.15) is 0 Å². The molecule has 2 N–H and O–H groups in total. The fourth-order valence-corrected chi connectivity index (χ4v) is 4.89. The monoisotopic (exact) mass is 445 g/mol. The smallest absolute Gasteiger partial charge is 0.255 e. The van der Waals surface area contributed by atoms with Gasteiger partial charge in [0.25, 0.3) is 5.91 Å². The number of benzene rings is 1. The highest BCUT2D eigenvalue weighted by Gasteiger charge is 2.43. The number of anilines is 1. The number of amides is 1. The van der Waals surface area contributed by atoms with Crippen molar-refractivity contribution < 1.29 is 19.1 Å². The number of allylic oxidation sites excluding steroid dienone is 3. The first-order chi connectivity index (χ1) is 15.7. The lowest BCUT2D eigenvalue weighted by Crippen LogP contribution is -2.39. The van der Waals surface area contributed by atoms with E-state index in [0.717, 1.165) is 28.9 Å². The summed E-state index contributed by atoms with van der Waals surface area (Å²) in [5, 5.41) is 6.29. The Morgan fingerprint density at radius 1 is 1.12 bits per heavy atom. The number of fused-ring (bicyclic) bond motifs is 1. The molecule has 1 atom stereocenters. The Labute approximate surface area is 192 Å². The van der Waals surface area contributed by atoms with Gasteiger partial charge in [0.15, 0.2) is 17.3 Å². The number of nitrogens with one attached hydrogen (secondary N) is 2. The summed E-state index contributed by atoms with van der Waals surface area (Å²) in [7, 11) is 0. The van der Waals surface area contributed by atoms with Crippen LogP contribution in [0, 0.1) is 12.3 Å². The summed E-state index contributed by atoms with van der Waals surface area (Å²) in [6.07, 6.45) is 2.88. The lowest BCUT2D eigenvalue weighted by molar-refractivity contribution is -0.118. The minimum Gasteiger partial charge on any atom is -0.454 e. The molecule has 33 heavy (non-hydrogen) atoms. The van der Waals surface area contributed by atoms with Crippen molar-refractivity contribution in [2.24, 2.45) is 5.41 Å². The summed E-state index contributed by atoms with van der Waals surface area (Å²) in [5.41, 5.74) is 4.46. The third-order valence-electron chi connectivity index (χ3n) is 6.37. The van der Waals surface area contributed by atoms with Crippen LogP contribution in [-0.2, 0) is 9.59 Å². The van der Waals surface area contributed by atoms with Crippen LogP contribution in [0.1, 0.15) is 50.7 Å². The summed E-state index contributed by atoms with van der Waals surface area (Å²) in [6, 6.07) is 9.29. The number of aryl methyl sites for hydroxylation is 1. The van der Waals surface area contributed by atoms with Gasteiger partial charge in [-0.1, -0.05) is 26.0 Å². The van der Waals surface area contributed by atoms with Crippen LogP contribution < -0.4 is 20.1 Å². The molecule has 3 heterocycles. The lowest BCUT2D eigenvalue weighted by atomic mass is 9.68. The van der Waals surface area contributed by atoms with Crippen LogP contribution in [0.15, 0.2) is 59.1 Å². The molecule has 0 unspecified atom stereocenters. The van der Waals surface area contributed by atoms with Crippen molar-refractivity contribution in [1.29, 1.82) is 0 Å². The molecule has 0 radical (unpaired) electrons. The molecule has 2 aliphatic heterocycles. The molecule has 2 aromatic rings. The first-order valence-electron chi connectivity index (χ1n) is 11.1. The fourth-order valence-electron chi connectivity index (χ4n) is 4.89. The van der Waals surface area contributed by atoms with E-state index in [4.69, 9.17) is 9.47 Å². The van der Waals surface area contributed by atoms with E-state index in [1.54, 1.807) is 12.3 Å². The second-order valence-electron chi connectivity index (χ2n) is 9.72. The third-order valence-corrected chi connectivity index (χ3v) is 6.37. The van der Waals surface area contributed by atoms with Gasteiger partial charge in [-0.3, -0.25) is 9.59 Å². The zero-order chi connectivity index (χ0) is 23.3. The number of ketones is 1. The molecule has 7 heteroatoms. The third kappa shape index (κ3) is 3.88. The lowest BCUT2D eigenvalue weighted by Gasteiger charge is -2.39. The van der Waals surface area contributed by atoms with Crippen molar-refractivity contribution in [3.05, 3.63) is 70.2 Å². The van der Waals surface area contributed by atoms with Gasteiger partial charge in [0.2, 0.25) is 6.79 Å². The van der Waals surface area contributed by atoms with E-state index in [1.165, 1.54) is 0 Å². The molecule has 0 bridgehead atoms. The highest BCUT2D eigenvalue weighted by Crippen LogP contribution is 2.48. The second kappa shape index (κ2) is 7.76. The maximum Gasteiger partial charge on any atom is 0.255 e. The maximum atomic E-state index is 13.6. The van der Waals surface area contributed by atoms with E-state index in [-0.39, 0.29) is 23.9 Å². The predicted molar refractivity (Wildman–Crippen MR) is 124 cm³/mol. The van der Waals surface area contributed by atoms with Gasteiger partial charge < -0.3 is 20.1 Å². The van der Waals surface area contributed by atoms with Gasteiger partial charge in [-0.25, -0.2) is 4.98 Å². The van der Waals surface area contributed by atoms with Gasteiger partial charge in [0.1, 0.15) is 5.82 Å². The molecule has 1 amide bonds. The van der Waals surface area contributed by atoms with Crippen LogP contribution in [-0.4, -0.2) is 23.5 Å². The number of aromatic nitrogens is 1. The van der Waals surface area contributed by atoms with Crippen LogP contribution >= 0.6 is 0 Å². The average Bonchev–Trinajstić information content (AvgIpc) is 3.21. The van der Waals surface area contributed by atoms with Crippen LogP contribution in [0.2, 0.25) is 0 Å². The zero-order valence-electron chi connectivity index (χ0n) is 19.2. The Morgan fingerprint density at radius 2 is 1.91 bits per heavy atom. The first kappa shape index (κ1) is 21.2. The Kier molecular flexibility index (Phi) is 5.00. The summed E-state index contributed by atoms with van der Waals surface area (Å²) < 4.78 is 11.1. The minimum atomic E-state index is -0.509. The number of carbonyl (C=O) groups excluding carboxylic acids is 2. The van der Waals surface area contributed by atoms with Crippen molar-refractivity contribution in [3.63, 3.8) is 0 Å². The molecule has 5 rings (SSSR count). The van der Waals surface area contributed by atoms with Crippen LogP contribution in [0.5, 0.6) is 11.5 Å². The van der Waals surface area contributed by atoms with E-state index in [2.05, 4.69) is 29.5 Å². The molecule has 0 spiro atoms. The fraction of sp³-hybridized carbons (Fsp3) is 0.346. The largest absolute Gasteiger partial charge is 0.454 e. The summed E-state index contributed by atoms with van der Waals surface area (Å²) in [6.45, 7) is 8.17.